The Kier molecular flexibility index (Phi) is 9.22. The predicted octanol–water partition coefficient (Wildman–Crippen LogP) is 18.5. The van der Waals surface area contributed by atoms with E-state index in [4.69, 9.17) is 0 Å². The molecule has 0 heterocycles. The molecule has 0 amide bonds. The monoisotopic (exact) mass is 903 g/mol. The molecule has 1 spiro atoms. The molecule has 0 atom stereocenters. The summed E-state index contributed by atoms with van der Waals surface area (Å²) in [5.74, 6) is 0. The largest absolute Gasteiger partial charge is 0.309 e. The molecule has 0 aliphatic heterocycles. The normalized spacial score (nSPS) is 13.7. The van der Waals surface area contributed by atoms with E-state index < -0.39 is 5.41 Å². The minimum atomic E-state index is -0.465. The number of hydrogen-bond acceptors (Lipinski definition) is 1. The molecule has 3 aliphatic carbocycles. The van der Waals surface area contributed by atoms with Gasteiger partial charge in [0.05, 0.1) is 16.8 Å². The number of hydrogen-bond donors (Lipinski definition) is 0. The Bertz CT molecular complexity index is 3850. The summed E-state index contributed by atoms with van der Waals surface area (Å²) in [5, 5.41) is 0. The predicted molar refractivity (Wildman–Crippen MR) is 297 cm³/mol. The van der Waals surface area contributed by atoms with Gasteiger partial charge in [-0.3, -0.25) is 0 Å². The summed E-state index contributed by atoms with van der Waals surface area (Å²) in [5.41, 5.74) is 28.1. The van der Waals surface area contributed by atoms with Crippen LogP contribution in [0.5, 0.6) is 0 Å². The van der Waals surface area contributed by atoms with Crippen LogP contribution >= 0.6 is 0 Å². The summed E-state index contributed by atoms with van der Waals surface area (Å²) in [6.45, 7) is 4.80. The van der Waals surface area contributed by atoms with Crippen LogP contribution in [-0.2, 0) is 10.8 Å². The van der Waals surface area contributed by atoms with Crippen molar-refractivity contribution in [2.24, 2.45) is 0 Å². The second kappa shape index (κ2) is 15.9. The molecule has 3 aliphatic rings. The minimum Gasteiger partial charge on any atom is -0.309 e. The van der Waals surface area contributed by atoms with E-state index in [9.17, 15) is 0 Å². The van der Waals surface area contributed by atoms with Gasteiger partial charge in [0.2, 0.25) is 0 Å². The van der Waals surface area contributed by atoms with Crippen molar-refractivity contribution < 1.29 is 0 Å². The minimum absolute atomic E-state index is 0.248. The molecule has 11 aromatic rings. The van der Waals surface area contributed by atoms with Gasteiger partial charge in [0.25, 0.3) is 0 Å². The van der Waals surface area contributed by atoms with Crippen LogP contribution in [0.15, 0.2) is 261 Å². The Morgan fingerprint density at radius 3 is 1.34 bits per heavy atom. The highest BCUT2D eigenvalue weighted by Gasteiger charge is 2.52. The van der Waals surface area contributed by atoms with Gasteiger partial charge in [0, 0.05) is 22.2 Å². The number of benzene rings is 11. The molecule has 1 heteroatoms. The zero-order valence-electron chi connectivity index (χ0n) is 39.8. The first-order chi connectivity index (χ1) is 35.0. The molecule has 0 aromatic heterocycles. The molecule has 0 fully saturated rings. The van der Waals surface area contributed by atoms with Gasteiger partial charge in [-0.25, -0.2) is 0 Å². The average molecular weight is 904 g/mol. The summed E-state index contributed by atoms with van der Waals surface area (Å²) in [6, 6.07) is 97.4. The standard InChI is InChI=1S/C70H49N/c1-69(2)64-44-50(47-23-8-4-9-24-47)37-40-55(64)56-41-39-51(45-65(56)69)71(66-36-19-15-27-52(66)48-25-10-5-11-26-48)67-42-38-49(46-21-6-3-7-22-46)43-59(67)57-31-20-35-63-68(57)58-30-14-18-34-62(58)70(63)60-32-16-12-28-53(60)54-29-13-17-33-61(54)70/h3-45H,1-2H3. The van der Waals surface area contributed by atoms with E-state index in [0.717, 1.165) is 17.1 Å². The summed E-state index contributed by atoms with van der Waals surface area (Å²) in [6.07, 6.45) is 0. The zero-order valence-corrected chi connectivity index (χ0v) is 39.8. The topological polar surface area (TPSA) is 3.24 Å². The van der Waals surface area contributed by atoms with Crippen LogP contribution in [0.1, 0.15) is 47.2 Å². The van der Waals surface area contributed by atoms with Crippen LogP contribution in [0.2, 0.25) is 0 Å². The quantitative estimate of drug-likeness (QED) is 0.154. The SMILES string of the molecule is CC1(C)c2cc(-c3ccccc3)ccc2-c2ccc(N(c3ccccc3-c3ccccc3)c3ccc(-c4ccccc4)cc3-c3cccc4c3-c3ccccc3C43c4ccccc4-c4ccccc43)cc21. The second-order valence-electron chi connectivity index (χ2n) is 19.9. The van der Waals surface area contributed by atoms with Crippen molar-refractivity contribution in [1.82, 2.24) is 0 Å². The summed E-state index contributed by atoms with van der Waals surface area (Å²) in [4.78, 5) is 2.55. The highest BCUT2D eigenvalue weighted by Crippen LogP contribution is 2.64. The Hall–Kier alpha value is -8.78. The molecule has 0 bridgehead atoms. The van der Waals surface area contributed by atoms with Crippen LogP contribution in [0.4, 0.5) is 17.1 Å². The van der Waals surface area contributed by atoms with Crippen molar-refractivity contribution in [2.45, 2.75) is 24.7 Å². The van der Waals surface area contributed by atoms with E-state index >= 15 is 0 Å². The zero-order chi connectivity index (χ0) is 47.3. The fraction of sp³-hybridized carbons (Fsp3) is 0.0571. The number of nitrogens with zero attached hydrogens (tertiary/aromatic N) is 1. The molecule has 0 radical (unpaired) electrons. The van der Waals surface area contributed by atoms with Crippen molar-refractivity contribution in [2.75, 3.05) is 4.90 Å². The first-order valence-corrected chi connectivity index (χ1v) is 24.9. The van der Waals surface area contributed by atoms with Gasteiger partial charge in [-0.05, 0) is 137 Å². The highest BCUT2D eigenvalue weighted by molar-refractivity contribution is 6.04. The first kappa shape index (κ1) is 41.2. The molecule has 0 saturated carbocycles. The van der Waals surface area contributed by atoms with Gasteiger partial charge in [-0.15, -0.1) is 0 Å². The lowest BCUT2D eigenvalue weighted by molar-refractivity contribution is 0.660. The van der Waals surface area contributed by atoms with Gasteiger partial charge in [0.15, 0.2) is 0 Å². The fourth-order valence-electron chi connectivity index (χ4n) is 12.7. The number of rotatable bonds is 7. The molecule has 71 heavy (non-hydrogen) atoms. The molecule has 0 saturated heterocycles. The maximum Gasteiger partial charge on any atom is 0.0725 e. The van der Waals surface area contributed by atoms with Crippen molar-refractivity contribution >= 4 is 17.1 Å². The van der Waals surface area contributed by atoms with Gasteiger partial charge in [-0.1, -0.05) is 238 Å². The van der Waals surface area contributed by atoms with Gasteiger partial charge in [-0.2, -0.15) is 0 Å². The second-order valence-corrected chi connectivity index (χ2v) is 19.9. The lowest BCUT2D eigenvalue weighted by Crippen LogP contribution is -2.25. The van der Waals surface area contributed by atoms with Crippen LogP contribution in [0, 0.1) is 0 Å². The van der Waals surface area contributed by atoms with Gasteiger partial charge < -0.3 is 4.90 Å². The third-order valence-corrected chi connectivity index (χ3v) is 15.9. The van der Waals surface area contributed by atoms with Crippen LogP contribution in [0.25, 0.3) is 77.9 Å². The Morgan fingerprint density at radius 2 is 0.690 bits per heavy atom. The van der Waals surface area contributed by atoms with Crippen molar-refractivity contribution in [3.63, 3.8) is 0 Å². The Labute approximate surface area is 416 Å². The van der Waals surface area contributed by atoms with E-state index in [0.29, 0.717) is 0 Å². The molecule has 14 rings (SSSR count). The maximum atomic E-state index is 2.55. The Morgan fingerprint density at radius 1 is 0.254 bits per heavy atom. The van der Waals surface area contributed by atoms with Crippen molar-refractivity contribution in [3.8, 4) is 77.9 Å². The molecule has 334 valence electrons. The first-order valence-electron chi connectivity index (χ1n) is 24.9. The third-order valence-electron chi connectivity index (χ3n) is 15.9. The van der Waals surface area contributed by atoms with Crippen LogP contribution in [0.3, 0.4) is 0 Å². The molecule has 1 nitrogen and oxygen atoms in total. The lowest BCUT2D eigenvalue weighted by Gasteiger charge is -2.32. The van der Waals surface area contributed by atoms with Gasteiger partial charge in [0.1, 0.15) is 0 Å². The van der Waals surface area contributed by atoms with E-state index in [1.807, 2.05) is 0 Å². The maximum absolute atomic E-state index is 2.55. The van der Waals surface area contributed by atoms with E-state index in [1.165, 1.54) is 111 Å². The summed E-state index contributed by atoms with van der Waals surface area (Å²) in [7, 11) is 0. The van der Waals surface area contributed by atoms with Crippen LogP contribution < -0.4 is 4.90 Å². The summed E-state index contributed by atoms with van der Waals surface area (Å²) >= 11 is 0. The van der Waals surface area contributed by atoms with Crippen LogP contribution in [-0.4, -0.2) is 0 Å². The highest BCUT2D eigenvalue weighted by atomic mass is 15.1. The lowest BCUT2D eigenvalue weighted by atomic mass is 9.70. The van der Waals surface area contributed by atoms with E-state index in [2.05, 4.69) is 280 Å². The third kappa shape index (κ3) is 6.06. The summed E-state index contributed by atoms with van der Waals surface area (Å²) < 4.78 is 0. The van der Waals surface area contributed by atoms with Crippen molar-refractivity contribution in [3.05, 3.63) is 294 Å². The number of para-hydroxylation sites is 1. The number of anilines is 3. The molecular weight excluding hydrogens is 855 g/mol. The molecule has 0 N–H and O–H groups in total. The van der Waals surface area contributed by atoms with Gasteiger partial charge >= 0.3 is 0 Å². The molecule has 0 unspecified atom stereocenters. The fourth-order valence-corrected chi connectivity index (χ4v) is 12.7. The van der Waals surface area contributed by atoms with E-state index in [1.54, 1.807) is 0 Å². The smallest absolute Gasteiger partial charge is 0.0725 e. The molecular formula is C70H49N. The average Bonchev–Trinajstić information content (AvgIpc) is 4.00. The van der Waals surface area contributed by atoms with E-state index in [-0.39, 0.29) is 5.41 Å². The Balaban J connectivity index is 1.04. The van der Waals surface area contributed by atoms with Crippen molar-refractivity contribution in [1.29, 1.82) is 0 Å². The molecule has 11 aromatic carbocycles. The number of fused-ring (bicyclic) bond motifs is 13.